The summed E-state index contributed by atoms with van der Waals surface area (Å²) in [5.74, 6) is 0.0759. The van der Waals surface area contributed by atoms with Gasteiger partial charge in [0, 0.05) is 73.7 Å². The van der Waals surface area contributed by atoms with Gasteiger partial charge in [0.2, 0.25) is 15.9 Å². The molecule has 9 rings (SSSR count). The summed E-state index contributed by atoms with van der Waals surface area (Å²) in [5, 5.41) is 0.282. The SMILES string of the molecule is CCOCCN1CC23COCC2(C1)CN(C(=O)[C@@H]1CC=CC2=C4C(=C4C(=O)NS(=O)(=O)C(C)C)Cn4c(cc5c(OC)ccc(C6CCCCC6)c54)[C@H]21)C3. The number of nitrogens with one attached hydrogen (secondary N) is 1. The van der Waals surface area contributed by atoms with E-state index < -0.39 is 21.2 Å². The van der Waals surface area contributed by atoms with Gasteiger partial charge < -0.3 is 23.7 Å². The van der Waals surface area contributed by atoms with Crippen LogP contribution in [0.5, 0.6) is 5.75 Å². The van der Waals surface area contributed by atoms with Crippen LogP contribution < -0.4 is 9.46 Å². The van der Waals surface area contributed by atoms with Crippen LogP contribution >= 0.6 is 0 Å². The Morgan fingerprint density at radius 2 is 1.80 bits per heavy atom. The maximum absolute atomic E-state index is 15.2. The fourth-order valence-electron chi connectivity index (χ4n) is 11.1. The molecule has 4 atom stereocenters. The maximum atomic E-state index is 15.2. The van der Waals surface area contributed by atoms with Crippen molar-refractivity contribution in [1.82, 2.24) is 19.1 Å². The monoisotopic (exact) mass is 758 g/mol. The van der Waals surface area contributed by atoms with Gasteiger partial charge in [-0.15, -0.1) is 0 Å². The van der Waals surface area contributed by atoms with E-state index in [-0.39, 0.29) is 28.6 Å². The molecule has 0 bridgehead atoms. The molecule has 2 aromatic rings. The Kier molecular flexibility index (Phi) is 8.95. The molecule has 290 valence electrons. The second-order valence-corrected chi connectivity index (χ2v) is 19.4. The van der Waals surface area contributed by atoms with Crippen LogP contribution in [0.4, 0.5) is 0 Å². The molecule has 1 N–H and O–H groups in total. The number of benzene rings is 1. The number of carbonyl (C=O) groups is 2. The first-order valence-electron chi connectivity index (χ1n) is 20.1. The second kappa shape index (κ2) is 13.3. The van der Waals surface area contributed by atoms with Crippen LogP contribution in [0.3, 0.4) is 0 Å². The summed E-state index contributed by atoms with van der Waals surface area (Å²) in [7, 11) is -2.13. The van der Waals surface area contributed by atoms with Crippen LogP contribution in [0, 0.1) is 16.7 Å². The van der Waals surface area contributed by atoms with Crippen LogP contribution in [0.15, 0.2) is 52.6 Å². The highest BCUT2D eigenvalue weighted by molar-refractivity contribution is 7.90. The third-order valence-electron chi connectivity index (χ3n) is 13.9. The molecule has 3 aliphatic carbocycles. The molecule has 5 heterocycles. The van der Waals surface area contributed by atoms with Crippen molar-refractivity contribution in [2.75, 3.05) is 66.3 Å². The lowest BCUT2D eigenvalue weighted by Crippen LogP contribution is -2.43. The molecule has 1 saturated carbocycles. The first-order valence-corrected chi connectivity index (χ1v) is 21.6. The van der Waals surface area contributed by atoms with Gasteiger partial charge in [0.15, 0.2) is 0 Å². The van der Waals surface area contributed by atoms with Crippen LogP contribution in [0.25, 0.3) is 10.9 Å². The fraction of sp³-hybridized carbons (Fsp3) is 0.619. The van der Waals surface area contributed by atoms with Crippen molar-refractivity contribution in [2.24, 2.45) is 16.7 Å². The first kappa shape index (κ1) is 36.2. The Morgan fingerprint density at radius 1 is 1.06 bits per heavy atom. The van der Waals surface area contributed by atoms with E-state index in [4.69, 9.17) is 14.2 Å². The molecule has 1 aromatic carbocycles. The topological polar surface area (TPSA) is 119 Å². The van der Waals surface area contributed by atoms with Crippen LogP contribution in [0.2, 0.25) is 0 Å². The minimum atomic E-state index is -3.84. The number of ether oxygens (including phenoxy) is 3. The number of allylic oxidation sites excluding steroid dienone is 4. The van der Waals surface area contributed by atoms with E-state index in [2.05, 4.69) is 49.4 Å². The van der Waals surface area contributed by atoms with Gasteiger partial charge in [-0.25, -0.2) is 13.1 Å². The minimum Gasteiger partial charge on any atom is -0.496 e. The summed E-state index contributed by atoms with van der Waals surface area (Å²) in [6.07, 6.45) is 10.6. The molecule has 4 aliphatic heterocycles. The molecule has 11 nitrogen and oxygen atoms in total. The number of hydrogen-bond acceptors (Lipinski definition) is 8. The number of hydrogen-bond donors (Lipinski definition) is 1. The van der Waals surface area contributed by atoms with E-state index in [9.17, 15) is 13.2 Å². The Labute approximate surface area is 318 Å². The molecule has 3 saturated heterocycles. The van der Waals surface area contributed by atoms with Crippen LogP contribution in [0.1, 0.15) is 82.4 Å². The van der Waals surface area contributed by atoms with Gasteiger partial charge >= 0.3 is 0 Å². The normalized spacial score (nSPS) is 29.3. The number of fused-ring (bicyclic) bond motifs is 6. The lowest BCUT2D eigenvalue weighted by molar-refractivity contribution is -0.136. The molecule has 1 aromatic heterocycles. The standard InChI is InChI=1S/C42H54N4O7S/c1-5-52-17-16-44-20-41-22-45(23-42(41,21-44)25-53-24-41)40(48)30-13-9-12-29-35(30)33-18-31-34(51-4)15-14-28(27-10-7-6-8-11-27)38(31)46(33)19-32-36(29)37(32)39(47)43-54(49,50)26(2)3/h9,12,14-15,18,26-27,30,35H,5-8,10-11,13,16-17,19-25H2,1-4H3,(H,43,47)/t30-,35-,41?,42?/m1/s1. The zero-order valence-corrected chi connectivity index (χ0v) is 32.9. The predicted octanol–water partition coefficient (Wildman–Crippen LogP) is 5.03. The molecule has 7 aliphatic rings. The number of rotatable bonds is 10. The van der Waals surface area contributed by atoms with Gasteiger partial charge in [0.1, 0.15) is 5.75 Å². The highest BCUT2D eigenvalue weighted by Gasteiger charge is 2.67. The number of carbonyl (C=O) groups excluding carboxylic acids is 2. The lowest BCUT2D eigenvalue weighted by Gasteiger charge is -2.35. The number of nitrogens with zero attached hydrogens (tertiary/aromatic N) is 3. The zero-order chi connectivity index (χ0) is 37.6. The van der Waals surface area contributed by atoms with Gasteiger partial charge in [-0.05, 0) is 80.4 Å². The maximum Gasteiger partial charge on any atom is 0.265 e. The minimum absolute atomic E-state index is 0.0975. The number of sulfonamides is 1. The smallest absolute Gasteiger partial charge is 0.265 e. The summed E-state index contributed by atoms with van der Waals surface area (Å²) in [4.78, 5) is 33.6. The third kappa shape index (κ3) is 5.56. The molecule has 0 spiro atoms. The van der Waals surface area contributed by atoms with Crippen molar-refractivity contribution >= 4 is 32.7 Å². The molecule has 2 unspecified atom stereocenters. The molecule has 54 heavy (non-hydrogen) atoms. The Hall–Kier alpha value is -3.45. The number of methoxy groups -OCH3 is 1. The summed E-state index contributed by atoms with van der Waals surface area (Å²) >= 11 is 0. The van der Waals surface area contributed by atoms with E-state index in [0.29, 0.717) is 64.0 Å². The Morgan fingerprint density at radius 3 is 2.48 bits per heavy atom. The summed E-state index contributed by atoms with van der Waals surface area (Å²) in [5.41, 5.74) is 6.31. The second-order valence-electron chi connectivity index (χ2n) is 17.2. The third-order valence-corrected chi connectivity index (χ3v) is 15.6. The highest BCUT2D eigenvalue weighted by Crippen LogP contribution is 2.58. The zero-order valence-electron chi connectivity index (χ0n) is 32.1. The van der Waals surface area contributed by atoms with E-state index in [1.54, 1.807) is 21.0 Å². The summed E-state index contributed by atoms with van der Waals surface area (Å²) in [6.45, 7) is 12.4. The van der Waals surface area contributed by atoms with Gasteiger partial charge in [-0.2, -0.15) is 0 Å². The largest absolute Gasteiger partial charge is 0.496 e. The van der Waals surface area contributed by atoms with E-state index >= 15 is 4.79 Å². The van der Waals surface area contributed by atoms with Gasteiger partial charge in [-0.1, -0.05) is 37.5 Å². The average molecular weight is 759 g/mol. The van der Waals surface area contributed by atoms with E-state index in [0.717, 1.165) is 71.5 Å². The predicted molar refractivity (Wildman–Crippen MR) is 206 cm³/mol. The van der Waals surface area contributed by atoms with Crippen molar-refractivity contribution in [2.45, 2.75) is 82.9 Å². The van der Waals surface area contributed by atoms with E-state index in [1.807, 2.05) is 6.92 Å². The average Bonchev–Trinajstić information content (AvgIpc) is 3.30. The van der Waals surface area contributed by atoms with Crippen molar-refractivity contribution < 1.29 is 32.2 Å². The van der Waals surface area contributed by atoms with Crippen LogP contribution in [-0.4, -0.2) is 106 Å². The van der Waals surface area contributed by atoms with Crippen molar-refractivity contribution in [3.05, 3.63) is 63.9 Å². The lowest BCUT2D eigenvalue weighted by atomic mass is 9.71. The van der Waals surface area contributed by atoms with Crippen molar-refractivity contribution in [3.8, 4) is 5.75 Å². The molecule has 4 fully saturated rings. The van der Waals surface area contributed by atoms with E-state index in [1.165, 1.54) is 24.8 Å². The number of likely N-dealkylation sites (tertiary alicyclic amines) is 2. The van der Waals surface area contributed by atoms with Crippen LogP contribution in [-0.2, 0) is 35.6 Å². The van der Waals surface area contributed by atoms with Gasteiger partial charge in [0.25, 0.3) is 5.91 Å². The summed E-state index contributed by atoms with van der Waals surface area (Å²) in [6, 6.07) is 6.55. The molecular weight excluding hydrogens is 705 g/mol. The number of amides is 2. The number of aromatic nitrogens is 1. The van der Waals surface area contributed by atoms with Crippen molar-refractivity contribution in [1.29, 1.82) is 0 Å². The molecule has 0 radical (unpaired) electrons. The Bertz CT molecular complexity index is 2090. The van der Waals surface area contributed by atoms with Crippen molar-refractivity contribution in [3.63, 3.8) is 0 Å². The molecule has 12 heteroatoms. The fourth-order valence-corrected chi connectivity index (χ4v) is 11.7. The van der Waals surface area contributed by atoms with Gasteiger partial charge in [-0.3, -0.25) is 14.5 Å². The molecule has 2 amide bonds. The highest BCUT2D eigenvalue weighted by atomic mass is 32.2. The summed E-state index contributed by atoms with van der Waals surface area (Å²) < 4.78 is 48.4. The quantitative estimate of drug-likeness (QED) is 0.336. The molecular formula is C42H54N4O7S. The first-order chi connectivity index (χ1) is 26.0. The Balaban J connectivity index is 1.13. The van der Waals surface area contributed by atoms with Gasteiger partial charge in [0.05, 0.1) is 49.2 Å².